The number of aliphatic hydroxyl groups excluding tert-OH is 1. The third-order valence-electron chi connectivity index (χ3n) is 7.53. The van der Waals surface area contributed by atoms with Crippen LogP contribution in [0.4, 0.5) is 0 Å². The highest BCUT2D eigenvalue weighted by atomic mass is 16.5. The van der Waals surface area contributed by atoms with Gasteiger partial charge in [-0.05, 0) is 26.2 Å². The van der Waals surface area contributed by atoms with Crippen molar-refractivity contribution in [2.24, 2.45) is 11.8 Å². The third kappa shape index (κ3) is 3.81. The Morgan fingerprint density at radius 2 is 1.84 bits per heavy atom. The third-order valence-corrected chi connectivity index (χ3v) is 7.53. The lowest BCUT2D eigenvalue weighted by atomic mass is 9.66. The number of hydrogen-bond acceptors (Lipinski definition) is 7. The summed E-state index contributed by atoms with van der Waals surface area (Å²) in [5.74, 6) is -2.08. The Balaban J connectivity index is 1.53. The van der Waals surface area contributed by atoms with Gasteiger partial charge in [-0.25, -0.2) is 0 Å². The first-order valence-electron chi connectivity index (χ1n) is 11.8. The van der Waals surface area contributed by atoms with Crippen LogP contribution in [-0.4, -0.2) is 109 Å². The lowest BCUT2D eigenvalue weighted by Crippen LogP contribution is -2.56. The zero-order valence-corrected chi connectivity index (χ0v) is 19.1. The summed E-state index contributed by atoms with van der Waals surface area (Å²) in [4.78, 5) is 43.6. The number of nitrogens with zero attached hydrogens (tertiary/aromatic N) is 2. The summed E-state index contributed by atoms with van der Waals surface area (Å²) in [6, 6.07) is -0.845. The van der Waals surface area contributed by atoms with Gasteiger partial charge in [0.25, 0.3) is 0 Å². The van der Waals surface area contributed by atoms with E-state index in [1.54, 1.807) is 0 Å². The molecule has 5 atom stereocenters. The fourth-order valence-corrected chi connectivity index (χ4v) is 6.09. The minimum atomic E-state index is -1.03. The van der Waals surface area contributed by atoms with E-state index in [9.17, 15) is 19.5 Å². The number of ether oxygens (including phenoxy) is 2. The molecule has 1 spiro atoms. The summed E-state index contributed by atoms with van der Waals surface area (Å²) >= 11 is 0. The second kappa shape index (κ2) is 9.24. The molecule has 4 fully saturated rings. The predicted molar refractivity (Wildman–Crippen MR) is 115 cm³/mol. The molecule has 0 aromatic carbocycles. The van der Waals surface area contributed by atoms with E-state index in [1.165, 1.54) is 4.90 Å². The van der Waals surface area contributed by atoms with Crippen LogP contribution in [0.1, 0.15) is 33.1 Å². The van der Waals surface area contributed by atoms with E-state index in [-0.39, 0.29) is 30.9 Å². The smallest absolute Gasteiger partial charge is 0.245 e. The molecule has 2 bridgehead atoms. The fraction of sp³-hybridized carbons (Fsp3) is 0.864. The molecule has 180 valence electrons. The molecule has 0 aromatic heterocycles. The van der Waals surface area contributed by atoms with Gasteiger partial charge in [0.05, 0.1) is 37.3 Å². The molecule has 3 N–H and O–H groups in total. The van der Waals surface area contributed by atoms with Crippen molar-refractivity contribution < 1.29 is 29.0 Å². The molecule has 3 amide bonds. The summed E-state index contributed by atoms with van der Waals surface area (Å²) in [5.41, 5.74) is -1.80. The Morgan fingerprint density at radius 3 is 2.53 bits per heavy atom. The Labute approximate surface area is 189 Å². The van der Waals surface area contributed by atoms with Gasteiger partial charge in [0.15, 0.2) is 0 Å². The van der Waals surface area contributed by atoms with Gasteiger partial charge < -0.3 is 30.1 Å². The van der Waals surface area contributed by atoms with Crippen LogP contribution in [0, 0.1) is 11.8 Å². The molecule has 0 radical (unpaired) electrons. The number of hydrogen-bond donors (Lipinski definition) is 3. The SMILES string of the molecule is CCCNC(=O)[C@H]1[C@H]2C(=O)N(CCO)C(C(=O)NCCN3CCOCC3)C23CC[C@]1(C)O3. The van der Waals surface area contributed by atoms with Crippen LogP contribution >= 0.6 is 0 Å². The number of morpholine rings is 1. The van der Waals surface area contributed by atoms with Crippen LogP contribution in [0.25, 0.3) is 0 Å². The van der Waals surface area contributed by atoms with E-state index in [4.69, 9.17) is 9.47 Å². The number of nitrogens with one attached hydrogen (secondary N) is 2. The lowest BCUT2D eigenvalue weighted by molar-refractivity contribution is -0.146. The maximum Gasteiger partial charge on any atom is 0.245 e. The fourth-order valence-electron chi connectivity index (χ4n) is 6.09. The molecule has 32 heavy (non-hydrogen) atoms. The maximum atomic E-state index is 13.5. The summed E-state index contributed by atoms with van der Waals surface area (Å²) in [6.45, 7) is 8.37. The van der Waals surface area contributed by atoms with Gasteiger partial charge in [-0.15, -0.1) is 0 Å². The highest BCUT2D eigenvalue weighted by Crippen LogP contribution is 2.63. The van der Waals surface area contributed by atoms with Gasteiger partial charge in [0.1, 0.15) is 11.6 Å². The van der Waals surface area contributed by atoms with Gasteiger partial charge in [0, 0.05) is 39.3 Å². The van der Waals surface area contributed by atoms with Gasteiger partial charge in [-0.2, -0.15) is 0 Å². The van der Waals surface area contributed by atoms with Crippen molar-refractivity contribution in [1.82, 2.24) is 20.4 Å². The number of rotatable bonds is 9. The zero-order chi connectivity index (χ0) is 22.9. The predicted octanol–water partition coefficient (Wildman–Crippen LogP) is -1.28. The van der Waals surface area contributed by atoms with Gasteiger partial charge in [-0.1, -0.05) is 6.92 Å². The first-order chi connectivity index (χ1) is 15.4. The Kier molecular flexibility index (Phi) is 6.76. The second-order valence-electron chi connectivity index (χ2n) is 9.52. The van der Waals surface area contributed by atoms with Gasteiger partial charge in [0.2, 0.25) is 17.7 Å². The lowest BCUT2D eigenvalue weighted by Gasteiger charge is -2.33. The van der Waals surface area contributed by atoms with Crippen molar-refractivity contribution in [3.05, 3.63) is 0 Å². The standard InChI is InChI=1S/C22H36N4O6/c1-3-6-23-18(28)15-16-20(30)26(9-12-27)17(22(16)5-4-21(15,2)32-22)19(29)24-7-8-25-10-13-31-14-11-25/h15-17,27H,3-14H2,1-2H3,(H,23,28)(H,24,29)/t15-,16+,17?,21+,22?/m1/s1. The summed E-state index contributed by atoms with van der Waals surface area (Å²) in [6.07, 6.45) is 1.96. The monoisotopic (exact) mass is 452 g/mol. The number of β-amino-alcohol motifs (C(OH)–C–C–N with tert-alkyl or cyclic N) is 1. The largest absolute Gasteiger partial charge is 0.395 e. The van der Waals surface area contributed by atoms with Crippen LogP contribution in [-0.2, 0) is 23.9 Å². The van der Waals surface area contributed by atoms with Crippen LogP contribution in [0.2, 0.25) is 0 Å². The van der Waals surface area contributed by atoms with E-state index in [2.05, 4.69) is 15.5 Å². The van der Waals surface area contributed by atoms with Gasteiger partial charge >= 0.3 is 0 Å². The summed E-state index contributed by atoms with van der Waals surface area (Å²) in [5, 5.41) is 15.5. The molecule has 4 saturated heterocycles. The Morgan fingerprint density at radius 1 is 1.12 bits per heavy atom. The summed E-state index contributed by atoms with van der Waals surface area (Å²) < 4.78 is 11.8. The van der Waals surface area contributed by atoms with Crippen molar-refractivity contribution in [3.63, 3.8) is 0 Å². The number of fused-ring (bicyclic) bond motifs is 1. The first-order valence-corrected chi connectivity index (χ1v) is 11.8. The number of carbonyl (C=O) groups is 3. The van der Waals surface area contributed by atoms with Crippen molar-refractivity contribution in [2.45, 2.75) is 50.4 Å². The molecule has 0 aromatic rings. The van der Waals surface area contributed by atoms with Gasteiger partial charge in [-0.3, -0.25) is 19.3 Å². The zero-order valence-electron chi connectivity index (χ0n) is 19.1. The topological polar surface area (TPSA) is 120 Å². The number of aliphatic hydroxyl groups is 1. The molecule has 2 unspecified atom stereocenters. The summed E-state index contributed by atoms with van der Waals surface area (Å²) in [7, 11) is 0. The van der Waals surface area contributed by atoms with Crippen molar-refractivity contribution in [1.29, 1.82) is 0 Å². The molecular weight excluding hydrogens is 416 g/mol. The number of amides is 3. The molecule has 4 aliphatic rings. The van der Waals surface area contributed by atoms with E-state index < -0.39 is 29.1 Å². The minimum absolute atomic E-state index is 0.0437. The molecule has 10 nitrogen and oxygen atoms in total. The molecule has 4 rings (SSSR count). The van der Waals surface area contributed by atoms with Crippen LogP contribution in [0.15, 0.2) is 0 Å². The second-order valence-corrected chi connectivity index (χ2v) is 9.52. The van der Waals surface area contributed by atoms with E-state index in [1.807, 2.05) is 13.8 Å². The normalized spacial score (nSPS) is 36.4. The maximum absolute atomic E-state index is 13.5. The van der Waals surface area contributed by atoms with E-state index in [0.29, 0.717) is 45.7 Å². The number of likely N-dealkylation sites (tertiary alicyclic amines) is 1. The highest BCUT2D eigenvalue weighted by Gasteiger charge is 2.77. The molecule has 0 saturated carbocycles. The highest BCUT2D eigenvalue weighted by molar-refractivity contribution is 5.99. The molecular formula is C22H36N4O6. The Bertz CT molecular complexity index is 744. The first kappa shape index (κ1) is 23.4. The average Bonchev–Trinajstić information content (AvgIpc) is 3.34. The van der Waals surface area contributed by atoms with Crippen molar-refractivity contribution >= 4 is 17.7 Å². The van der Waals surface area contributed by atoms with Crippen LogP contribution in [0.5, 0.6) is 0 Å². The van der Waals surface area contributed by atoms with E-state index >= 15 is 0 Å². The molecule has 4 heterocycles. The molecule has 10 heteroatoms. The molecule has 0 aliphatic carbocycles. The van der Waals surface area contributed by atoms with Crippen molar-refractivity contribution in [2.75, 3.05) is 59.1 Å². The van der Waals surface area contributed by atoms with E-state index in [0.717, 1.165) is 19.5 Å². The average molecular weight is 453 g/mol. The van der Waals surface area contributed by atoms with Crippen molar-refractivity contribution in [3.8, 4) is 0 Å². The van der Waals surface area contributed by atoms with Crippen LogP contribution < -0.4 is 10.6 Å². The number of carbonyl (C=O) groups excluding carboxylic acids is 3. The quantitative estimate of drug-likeness (QED) is 0.398. The Hall–Kier alpha value is -1.75. The van der Waals surface area contributed by atoms with Crippen LogP contribution in [0.3, 0.4) is 0 Å². The minimum Gasteiger partial charge on any atom is -0.395 e. The molecule has 4 aliphatic heterocycles.